The first-order valence-electron chi connectivity index (χ1n) is 8.83. The number of methoxy groups -OCH3 is 1. The lowest BCUT2D eigenvalue weighted by Gasteiger charge is -2.14. The third-order valence-electron chi connectivity index (χ3n) is 4.00. The lowest BCUT2D eigenvalue weighted by molar-refractivity contribution is -0.112. The van der Waals surface area contributed by atoms with E-state index in [1.807, 2.05) is 31.2 Å². The van der Waals surface area contributed by atoms with Crippen LogP contribution in [0.3, 0.4) is 0 Å². The van der Waals surface area contributed by atoms with Crippen LogP contribution >= 0.6 is 0 Å². The third-order valence-corrected chi connectivity index (χ3v) is 4.00. The van der Waals surface area contributed by atoms with Crippen molar-refractivity contribution in [3.05, 3.63) is 71.3 Å². The van der Waals surface area contributed by atoms with Gasteiger partial charge < -0.3 is 14.8 Å². The van der Waals surface area contributed by atoms with Gasteiger partial charge in [-0.3, -0.25) is 4.79 Å². The molecule has 0 radical (unpaired) electrons. The quantitative estimate of drug-likeness (QED) is 0.416. The van der Waals surface area contributed by atoms with Crippen LogP contribution in [-0.2, 0) is 11.2 Å². The van der Waals surface area contributed by atoms with E-state index in [1.165, 1.54) is 13.2 Å². The number of rotatable bonds is 8. The molecule has 0 saturated carbocycles. The molecular weight excluding hydrogens is 366 g/mol. The minimum absolute atomic E-state index is 0.0529. The molecule has 2 rings (SSSR count). The monoisotopic (exact) mass is 387 g/mol. The molecule has 6 heteroatoms. The molecule has 0 bridgehead atoms. The summed E-state index contributed by atoms with van der Waals surface area (Å²) in [7, 11) is 1.48. The summed E-state index contributed by atoms with van der Waals surface area (Å²) in [6.45, 7) is 5.55. The molecule has 0 fully saturated rings. The highest BCUT2D eigenvalue weighted by molar-refractivity contribution is 6.09. The zero-order valence-corrected chi connectivity index (χ0v) is 16.4. The van der Waals surface area contributed by atoms with Crippen LogP contribution in [0.5, 0.6) is 11.5 Å². The van der Waals surface area contributed by atoms with Crippen LogP contribution in [0.1, 0.15) is 16.7 Å². The summed E-state index contributed by atoms with van der Waals surface area (Å²) in [5.74, 6) is 0.334. The Morgan fingerprint density at radius 1 is 1.24 bits per heavy atom. The Balaban J connectivity index is 2.38. The number of nitrogens with one attached hydrogen (secondary N) is 1. The highest BCUT2D eigenvalue weighted by Gasteiger charge is 2.14. The molecule has 0 aliphatic carbocycles. The average molecular weight is 387 g/mol. The number of allylic oxidation sites excluding steroid dienone is 1. The van der Waals surface area contributed by atoms with Gasteiger partial charge in [0.15, 0.2) is 18.1 Å². The number of hydrogen-bond acceptors (Lipinski definition) is 5. The molecule has 0 aromatic heterocycles. The number of carbonyl (C=O) groups excluding carboxylic acids is 1. The Kier molecular flexibility index (Phi) is 7.59. The number of nitriles is 2. The number of benzene rings is 2. The molecule has 0 aliphatic rings. The molecule has 0 spiro atoms. The summed E-state index contributed by atoms with van der Waals surface area (Å²) in [5, 5.41) is 21.0. The molecule has 0 saturated heterocycles. The Morgan fingerprint density at radius 2 is 1.97 bits per heavy atom. The van der Waals surface area contributed by atoms with Gasteiger partial charge in [0.2, 0.25) is 0 Å². The lowest BCUT2D eigenvalue weighted by Crippen LogP contribution is -2.13. The van der Waals surface area contributed by atoms with Crippen LogP contribution in [-0.4, -0.2) is 19.6 Å². The van der Waals surface area contributed by atoms with Crippen LogP contribution in [0.15, 0.2) is 54.6 Å². The summed E-state index contributed by atoms with van der Waals surface area (Å²) >= 11 is 0. The van der Waals surface area contributed by atoms with Crippen molar-refractivity contribution in [1.29, 1.82) is 10.5 Å². The molecule has 0 unspecified atom stereocenters. The van der Waals surface area contributed by atoms with Gasteiger partial charge in [-0.05, 0) is 49.2 Å². The van der Waals surface area contributed by atoms with Crippen LogP contribution in [0.25, 0.3) is 6.08 Å². The number of aryl methyl sites for hydroxylation is 1. The number of amides is 1. The molecule has 0 heterocycles. The molecule has 0 aliphatic heterocycles. The van der Waals surface area contributed by atoms with Gasteiger partial charge in [-0.1, -0.05) is 23.8 Å². The van der Waals surface area contributed by atoms with Gasteiger partial charge >= 0.3 is 0 Å². The van der Waals surface area contributed by atoms with Gasteiger partial charge in [0.1, 0.15) is 17.7 Å². The lowest BCUT2D eigenvalue weighted by atomic mass is 10.0. The van der Waals surface area contributed by atoms with Crippen molar-refractivity contribution in [1.82, 2.24) is 0 Å². The predicted octanol–water partition coefficient (Wildman–Crippen LogP) is 4.18. The molecular formula is C23H21N3O3. The number of ether oxygens (including phenoxy) is 2. The Labute approximate surface area is 170 Å². The maximum Gasteiger partial charge on any atom is 0.266 e. The van der Waals surface area contributed by atoms with Gasteiger partial charge in [-0.15, -0.1) is 6.58 Å². The van der Waals surface area contributed by atoms with Crippen molar-refractivity contribution in [3.8, 4) is 23.6 Å². The van der Waals surface area contributed by atoms with Crippen molar-refractivity contribution < 1.29 is 14.3 Å². The minimum Gasteiger partial charge on any atom is -0.493 e. The Bertz CT molecular complexity index is 1010. The second-order valence-corrected chi connectivity index (χ2v) is 6.14. The fraction of sp³-hybridized carbons (Fsp3) is 0.174. The molecule has 6 nitrogen and oxygen atoms in total. The van der Waals surface area contributed by atoms with E-state index in [0.29, 0.717) is 29.2 Å². The normalized spacial score (nSPS) is 10.4. The Morgan fingerprint density at radius 3 is 2.55 bits per heavy atom. The van der Waals surface area contributed by atoms with Gasteiger partial charge in [-0.25, -0.2) is 0 Å². The number of nitrogens with zero attached hydrogens (tertiary/aromatic N) is 2. The van der Waals surface area contributed by atoms with E-state index in [2.05, 4.69) is 11.9 Å². The van der Waals surface area contributed by atoms with Crippen LogP contribution in [0.4, 0.5) is 5.69 Å². The molecule has 1 amide bonds. The number of carbonyl (C=O) groups is 1. The van der Waals surface area contributed by atoms with Crippen molar-refractivity contribution >= 4 is 17.7 Å². The molecule has 2 aromatic carbocycles. The van der Waals surface area contributed by atoms with Crippen LogP contribution in [0.2, 0.25) is 0 Å². The summed E-state index contributed by atoms with van der Waals surface area (Å²) in [6.07, 6.45) is 3.64. The van der Waals surface area contributed by atoms with Gasteiger partial charge in [0.05, 0.1) is 7.11 Å². The molecule has 29 heavy (non-hydrogen) atoms. The zero-order valence-electron chi connectivity index (χ0n) is 16.4. The summed E-state index contributed by atoms with van der Waals surface area (Å²) in [6, 6.07) is 14.6. The van der Waals surface area contributed by atoms with E-state index in [4.69, 9.17) is 14.7 Å². The van der Waals surface area contributed by atoms with Gasteiger partial charge in [-0.2, -0.15) is 10.5 Å². The fourth-order valence-electron chi connectivity index (χ4n) is 2.64. The van der Waals surface area contributed by atoms with Crippen molar-refractivity contribution in [2.75, 3.05) is 19.0 Å². The summed E-state index contributed by atoms with van der Waals surface area (Å²) in [4.78, 5) is 12.5. The van der Waals surface area contributed by atoms with E-state index >= 15 is 0 Å². The highest BCUT2D eigenvalue weighted by atomic mass is 16.5. The SMILES string of the molecule is C=CCc1cc(/C=C(/C#N)C(=O)Nc2ccc(C)cc2)cc(OC)c1OCC#N. The molecule has 146 valence electrons. The Hall–Kier alpha value is -4.03. The van der Waals surface area contributed by atoms with Crippen molar-refractivity contribution in [2.45, 2.75) is 13.3 Å². The van der Waals surface area contributed by atoms with Gasteiger partial charge in [0, 0.05) is 11.3 Å². The van der Waals surface area contributed by atoms with Crippen molar-refractivity contribution in [2.24, 2.45) is 0 Å². The fourth-order valence-corrected chi connectivity index (χ4v) is 2.64. The van der Waals surface area contributed by atoms with E-state index < -0.39 is 5.91 Å². The first-order valence-corrected chi connectivity index (χ1v) is 8.83. The van der Waals surface area contributed by atoms with E-state index in [0.717, 1.165) is 11.1 Å². The maximum absolute atomic E-state index is 12.5. The second kappa shape index (κ2) is 10.3. The molecule has 1 N–H and O–H groups in total. The third kappa shape index (κ3) is 5.72. The van der Waals surface area contributed by atoms with E-state index in [-0.39, 0.29) is 12.2 Å². The zero-order chi connectivity index (χ0) is 21.2. The number of anilines is 1. The number of hydrogen-bond donors (Lipinski definition) is 1. The standard InChI is InChI=1S/C23H21N3O3/c1-4-5-18-12-17(14-21(28-3)22(18)29-11-10-24)13-19(15-25)23(27)26-20-8-6-16(2)7-9-20/h4,6-9,12-14H,1,5,11H2,2-3H3,(H,26,27)/b19-13-. The first kappa shape index (κ1) is 21.3. The van der Waals surface area contributed by atoms with Gasteiger partial charge in [0.25, 0.3) is 5.91 Å². The molecule has 0 atom stereocenters. The second-order valence-electron chi connectivity index (χ2n) is 6.14. The summed E-state index contributed by atoms with van der Waals surface area (Å²) < 4.78 is 10.9. The smallest absolute Gasteiger partial charge is 0.266 e. The van der Waals surface area contributed by atoms with Crippen LogP contribution in [0, 0.1) is 29.6 Å². The summed E-state index contributed by atoms with van der Waals surface area (Å²) in [5.41, 5.74) is 2.95. The minimum atomic E-state index is -0.509. The van der Waals surface area contributed by atoms with Crippen LogP contribution < -0.4 is 14.8 Å². The molecule has 2 aromatic rings. The van der Waals surface area contributed by atoms with E-state index in [9.17, 15) is 10.1 Å². The van der Waals surface area contributed by atoms with Crippen molar-refractivity contribution in [3.63, 3.8) is 0 Å². The van der Waals surface area contributed by atoms with E-state index in [1.54, 1.807) is 30.3 Å². The maximum atomic E-state index is 12.5. The largest absolute Gasteiger partial charge is 0.493 e. The topological polar surface area (TPSA) is 95.1 Å². The average Bonchev–Trinajstić information content (AvgIpc) is 2.72. The first-order chi connectivity index (χ1) is 14.0. The highest BCUT2D eigenvalue weighted by Crippen LogP contribution is 2.34. The predicted molar refractivity (Wildman–Crippen MR) is 111 cm³/mol.